The van der Waals surface area contributed by atoms with Gasteiger partial charge in [-0.15, -0.1) is 0 Å². The zero-order valence-corrected chi connectivity index (χ0v) is 9.43. The molecule has 1 aromatic rings. The third-order valence-corrected chi connectivity index (χ3v) is 2.32. The van der Waals surface area contributed by atoms with Crippen molar-refractivity contribution in [3.8, 4) is 0 Å². The Kier molecular flexibility index (Phi) is 3.96. The molecular weight excluding hydrogens is 257 g/mol. The maximum Gasteiger partial charge on any atom is 0.265 e. The highest BCUT2D eigenvalue weighted by molar-refractivity contribution is 9.10. The van der Waals surface area contributed by atoms with E-state index in [2.05, 4.69) is 15.9 Å². The second-order valence-corrected chi connectivity index (χ2v) is 3.79. The van der Waals surface area contributed by atoms with Crippen LogP contribution in [0.1, 0.15) is 0 Å². The number of pyridine rings is 1. The van der Waals surface area contributed by atoms with Gasteiger partial charge in [0.2, 0.25) is 0 Å². The van der Waals surface area contributed by atoms with E-state index in [0.717, 1.165) is 0 Å². The lowest BCUT2D eigenvalue weighted by atomic mass is 10.4. The summed E-state index contributed by atoms with van der Waals surface area (Å²) in [5, 5.41) is 0.530. The number of aromatic nitrogens is 1. The fraction of sp³-hybridized carbons (Fsp3) is 0.375. The highest BCUT2D eigenvalue weighted by Crippen LogP contribution is 2.11. The van der Waals surface area contributed by atoms with Crippen LogP contribution in [0.2, 0.25) is 5.02 Å². The molecule has 5 heteroatoms. The van der Waals surface area contributed by atoms with E-state index < -0.39 is 0 Å². The summed E-state index contributed by atoms with van der Waals surface area (Å²) >= 11 is 8.90. The number of rotatable bonds is 3. The predicted molar refractivity (Wildman–Crippen MR) is 55.3 cm³/mol. The molecule has 72 valence electrons. The molecule has 0 aromatic carbocycles. The largest absolute Gasteiger partial charge is 0.383 e. The van der Waals surface area contributed by atoms with Crippen molar-refractivity contribution in [1.29, 1.82) is 0 Å². The highest BCUT2D eigenvalue weighted by Gasteiger charge is 2.02. The fourth-order valence-corrected chi connectivity index (χ4v) is 1.75. The highest BCUT2D eigenvalue weighted by atomic mass is 79.9. The van der Waals surface area contributed by atoms with Gasteiger partial charge in [-0.2, -0.15) is 0 Å². The molecular formula is C8H9BrClNO2. The van der Waals surface area contributed by atoms with Crippen molar-refractivity contribution < 1.29 is 4.74 Å². The molecule has 1 heterocycles. The van der Waals surface area contributed by atoms with E-state index in [1.807, 2.05) is 0 Å². The zero-order chi connectivity index (χ0) is 9.84. The molecule has 0 N–H and O–H groups in total. The van der Waals surface area contributed by atoms with Gasteiger partial charge in [-0.05, 0) is 22.0 Å². The third-order valence-electron chi connectivity index (χ3n) is 1.55. The Labute approximate surface area is 89.4 Å². The molecule has 0 fully saturated rings. The van der Waals surface area contributed by atoms with E-state index in [1.54, 1.807) is 19.4 Å². The lowest BCUT2D eigenvalue weighted by Crippen LogP contribution is -2.22. The molecule has 13 heavy (non-hydrogen) atoms. The first-order chi connectivity index (χ1) is 6.15. The molecule has 3 nitrogen and oxygen atoms in total. The molecule has 0 atom stereocenters. The van der Waals surface area contributed by atoms with Crippen LogP contribution in [-0.2, 0) is 11.3 Å². The maximum absolute atomic E-state index is 11.4. The summed E-state index contributed by atoms with van der Waals surface area (Å²) in [6, 6.07) is 1.58. The summed E-state index contributed by atoms with van der Waals surface area (Å²) < 4.78 is 6.84. The molecule has 0 aliphatic carbocycles. The van der Waals surface area contributed by atoms with Crippen LogP contribution >= 0.6 is 27.5 Å². The van der Waals surface area contributed by atoms with Crippen LogP contribution in [0, 0.1) is 0 Å². The standard InChI is InChI=1S/C8H9BrClNO2/c1-13-3-2-11-5-6(10)4-7(9)8(11)12/h4-5H,2-3H2,1H3. The predicted octanol–water partition coefficient (Wildman–Crippen LogP) is 1.91. The summed E-state index contributed by atoms with van der Waals surface area (Å²) in [4.78, 5) is 11.4. The first-order valence-corrected chi connectivity index (χ1v) is 4.86. The molecule has 0 saturated carbocycles. The second kappa shape index (κ2) is 4.79. The van der Waals surface area contributed by atoms with Crippen LogP contribution in [0.25, 0.3) is 0 Å². The Bertz CT molecular complexity index is 350. The van der Waals surface area contributed by atoms with Gasteiger partial charge in [0.15, 0.2) is 0 Å². The Morgan fingerprint density at radius 1 is 1.69 bits per heavy atom. The van der Waals surface area contributed by atoms with Gasteiger partial charge < -0.3 is 9.30 Å². The number of hydrogen-bond donors (Lipinski definition) is 0. The Hall–Kier alpha value is -0.320. The third kappa shape index (κ3) is 2.83. The second-order valence-electron chi connectivity index (χ2n) is 2.50. The normalized spacial score (nSPS) is 10.4. The summed E-state index contributed by atoms with van der Waals surface area (Å²) in [7, 11) is 1.59. The molecule has 0 aliphatic rings. The van der Waals surface area contributed by atoms with Gasteiger partial charge in [-0.25, -0.2) is 0 Å². The maximum atomic E-state index is 11.4. The zero-order valence-electron chi connectivity index (χ0n) is 7.09. The molecule has 0 unspecified atom stereocenters. The van der Waals surface area contributed by atoms with Crippen molar-refractivity contribution in [2.45, 2.75) is 6.54 Å². The summed E-state index contributed by atoms with van der Waals surface area (Å²) in [6.07, 6.45) is 1.59. The monoisotopic (exact) mass is 265 g/mol. The van der Waals surface area contributed by atoms with E-state index in [4.69, 9.17) is 16.3 Å². The van der Waals surface area contributed by atoms with Crippen molar-refractivity contribution >= 4 is 27.5 Å². The molecule has 0 saturated heterocycles. The minimum Gasteiger partial charge on any atom is -0.383 e. The Morgan fingerprint density at radius 3 is 3.00 bits per heavy atom. The van der Waals surface area contributed by atoms with E-state index >= 15 is 0 Å². The molecule has 0 radical (unpaired) electrons. The van der Waals surface area contributed by atoms with E-state index in [1.165, 1.54) is 4.57 Å². The SMILES string of the molecule is COCCn1cc(Cl)cc(Br)c1=O. The smallest absolute Gasteiger partial charge is 0.265 e. The lowest BCUT2D eigenvalue weighted by molar-refractivity contribution is 0.186. The van der Waals surface area contributed by atoms with Crippen molar-refractivity contribution in [2.24, 2.45) is 0 Å². The van der Waals surface area contributed by atoms with Gasteiger partial charge in [-0.1, -0.05) is 11.6 Å². The molecule has 0 spiro atoms. The quantitative estimate of drug-likeness (QED) is 0.837. The summed E-state index contributed by atoms with van der Waals surface area (Å²) in [5.74, 6) is 0. The van der Waals surface area contributed by atoms with Gasteiger partial charge >= 0.3 is 0 Å². The van der Waals surface area contributed by atoms with Crippen LogP contribution < -0.4 is 5.56 Å². The van der Waals surface area contributed by atoms with Crippen molar-refractivity contribution in [3.63, 3.8) is 0 Å². The topological polar surface area (TPSA) is 31.2 Å². The van der Waals surface area contributed by atoms with Crippen LogP contribution in [0.3, 0.4) is 0 Å². The van der Waals surface area contributed by atoms with Crippen molar-refractivity contribution in [2.75, 3.05) is 13.7 Å². The van der Waals surface area contributed by atoms with Gasteiger partial charge in [0.1, 0.15) is 0 Å². The minimum absolute atomic E-state index is 0.0959. The van der Waals surface area contributed by atoms with E-state index in [9.17, 15) is 4.79 Å². The van der Waals surface area contributed by atoms with E-state index in [0.29, 0.717) is 22.6 Å². The minimum atomic E-state index is -0.0959. The van der Waals surface area contributed by atoms with Gasteiger partial charge in [0.05, 0.1) is 16.1 Å². The van der Waals surface area contributed by atoms with E-state index in [-0.39, 0.29) is 5.56 Å². The van der Waals surface area contributed by atoms with Crippen molar-refractivity contribution in [1.82, 2.24) is 4.57 Å². The Morgan fingerprint density at radius 2 is 2.38 bits per heavy atom. The number of nitrogens with zero attached hydrogens (tertiary/aromatic N) is 1. The lowest BCUT2D eigenvalue weighted by Gasteiger charge is -2.05. The molecule has 0 bridgehead atoms. The van der Waals surface area contributed by atoms with Gasteiger partial charge in [-0.3, -0.25) is 4.79 Å². The number of methoxy groups -OCH3 is 1. The van der Waals surface area contributed by atoms with Crippen LogP contribution in [0.5, 0.6) is 0 Å². The van der Waals surface area contributed by atoms with Crippen molar-refractivity contribution in [3.05, 3.63) is 32.1 Å². The average Bonchev–Trinajstić information content (AvgIpc) is 2.09. The number of halogens is 2. The average molecular weight is 267 g/mol. The molecule has 1 aromatic heterocycles. The van der Waals surface area contributed by atoms with Gasteiger partial charge in [0, 0.05) is 19.9 Å². The first kappa shape index (κ1) is 10.8. The number of ether oxygens (including phenoxy) is 1. The first-order valence-electron chi connectivity index (χ1n) is 3.69. The van der Waals surface area contributed by atoms with Crippen LogP contribution in [-0.4, -0.2) is 18.3 Å². The summed E-state index contributed by atoms with van der Waals surface area (Å²) in [5.41, 5.74) is -0.0959. The summed E-state index contributed by atoms with van der Waals surface area (Å²) in [6.45, 7) is 1.00. The molecule has 0 aliphatic heterocycles. The number of hydrogen-bond acceptors (Lipinski definition) is 2. The van der Waals surface area contributed by atoms with Crippen LogP contribution in [0.4, 0.5) is 0 Å². The van der Waals surface area contributed by atoms with Gasteiger partial charge in [0.25, 0.3) is 5.56 Å². The Balaban J connectivity index is 2.99. The molecule has 0 amide bonds. The molecule has 1 rings (SSSR count). The van der Waals surface area contributed by atoms with Crippen LogP contribution in [0.15, 0.2) is 21.5 Å². The fourth-order valence-electron chi connectivity index (χ4n) is 0.920.